The molecule has 0 spiro atoms. The standard InChI is InChI=1S/C15H20FN3O/c1-2-14(20)19-8-7-13-11(9-19)15(18-17-13)10-5-3-4-6-12(10)16/h3-6,11,13,15,17-18H,2,7-9H2,1H3. The Balaban J connectivity index is 1.81. The molecule has 4 nitrogen and oxygen atoms in total. The van der Waals surface area contributed by atoms with Crippen LogP contribution in [0.3, 0.4) is 0 Å². The molecule has 5 heteroatoms. The third-order valence-corrected chi connectivity index (χ3v) is 4.41. The van der Waals surface area contributed by atoms with E-state index in [1.165, 1.54) is 6.07 Å². The molecule has 1 aromatic carbocycles. The lowest BCUT2D eigenvalue weighted by molar-refractivity contribution is -0.132. The normalized spacial score (nSPS) is 29.3. The van der Waals surface area contributed by atoms with Gasteiger partial charge in [0.25, 0.3) is 0 Å². The van der Waals surface area contributed by atoms with Crippen LogP contribution in [-0.4, -0.2) is 29.9 Å². The molecule has 0 aromatic heterocycles. The first kappa shape index (κ1) is 13.5. The van der Waals surface area contributed by atoms with Crippen LogP contribution in [0, 0.1) is 11.7 Å². The maximum Gasteiger partial charge on any atom is 0.222 e. The lowest BCUT2D eigenvalue weighted by Gasteiger charge is -2.36. The summed E-state index contributed by atoms with van der Waals surface area (Å²) in [5.41, 5.74) is 7.14. The number of carbonyl (C=O) groups is 1. The predicted octanol–water partition coefficient (Wildman–Crippen LogP) is 1.60. The average Bonchev–Trinajstić information content (AvgIpc) is 2.90. The monoisotopic (exact) mass is 277 g/mol. The Hall–Kier alpha value is -1.46. The second kappa shape index (κ2) is 5.50. The van der Waals surface area contributed by atoms with Crippen molar-refractivity contribution >= 4 is 5.91 Å². The minimum absolute atomic E-state index is 0.0753. The molecular formula is C15H20FN3O. The molecule has 2 aliphatic heterocycles. The number of hydrazine groups is 1. The summed E-state index contributed by atoms with van der Waals surface area (Å²) < 4.78 is 14.0. The van der Waals surface area contributed by atoms with Crippen LogP contribution in [0.5, 0.6) is 0 Å². The smallest absolute Gasteiger partial charge is 0.222 e. The Labute approximate surface area is 118 Å². The number of benzene rings is 1. The second-order valence-corrected chi connectivity index (χ2v) is 5.54. The van der Waals surface area contributed by atoms with E-state index in [1.807, 2.05) is 24.0 Å². The largest absolute Gasteiger partial charge is 0.342 e. The summed E-state index contributed by atoms with van der Waals surface area (Å²) in [5, 5.41) is 0. The van der Waals surface area contributed by atoms with Gasteiger partial charge in [-0.1, -0.05) is 25.1 Å². The molecule has 20 heavy (non-hydrogen) atoms. The SMILES string of the molecule is CCC(=O)N1CCC2NNC(c3ccccc3F)C2C1. The molecule has 0 aliphatic carbocycles. The zero-order valence-electron chi connectivity index (χ0n) is 11.6. The summed E-state index contributed by atoms with van der Waals surface area (Å²) in [6, 6.07) is 7.09. The van der Waals surface area contributed by atoms with Crippen molar-refractivity contribution in [2.24, 2.45) is 5.92 Å². The highest BCUT2D eigenvalue weighted by molar-refractivity contribution is 5.76. The van der Waals surface area contributed by atoms with Crippen molar-refractivity contribution in [3.8, 4) is 0 Å². The molecule has 108 valence electrons. The first-order valence-electron chi connectivity index (χ1n) is 7.24. The summed E-state index contributed by atoms with van der Waals surface area (Å²) in [6.45, 7) is 3.36. The lowest BCUT2D eigenvalue weighted by atomic mass is 9.85. The fourth-order valence-corrected chi connectivity index (χ4v) is 3.29. The Morgan fingerprint density at radius 1 is 1.40 bits per heavy atom. The highest BCUT2D eigenvalue weighted by Gasteiger charge is 2.41. The number of rotatable bonds is 2. The van der Waals surface area contributed by atoms with E-state index in [9.17, 15) is 9.18 Å². The van der Waals surface area contributed by atoms with Crippen LogP contribution in [0.1, 0.15) is 31.4 Å². The number of carbonyl (C=O) groups excluding carboxylic acids is 1. The van der Waals surface area contributed by atoms with Crippen molar-refractivity contribution in [3.63, 3.8) is 0 Å². The molecule has 3 rings (SSSR count). The van der Waals surface area contributed by atoms with E-state index in [0.29, 0.717) is 24.6 Å². The zero-order valence-corrected chi connectivity index (χ0v) is 11.6. The van der Waals surface area contributed by atoms with Crippen molar-refractivity contribution in [2.45, 2.75) is 31.8 Å². The van der Waals surface area contributed by atoms with Gasteiger partial charge in [0.15, 0.2) is 0 Å². The van der Waals surface area contributed by atoms with Crippen LogP contribution in [-0.2, 0) is 4.79 Å². The van der Waals surface area contributed by atoms with Crippen LogP contribution in [0.2, 0.25) is 0 Å². The Morgan fingerprint density at radius 2 is 2.20 bits per heavy atom. The third-order valence-electron chi connectivity index (χ3n) is 4.41. The number of nitrogens with zero attached hydrogens (tertiary/aromatic N) is 1. The van der Waals surface area contributed by atoms with E-state index in [-0.39, 0.29) is 23.7 Å². The van der Waals surface area contributed by atoms with Gasteiger partial charge >= 0.3 is 0 Å². The molecule has 3 atom stereocenters. The molecular weight excluding hydrogens is 257 g/mol. The van der Waals surface area contributed by atoms with Crippen LogP contribution < -0.4 is 10.9 Å². The van der Waals surface area contributed by atoms with Gasteiger partial charge in [0, 0.05) is 37.0 Å². The van der Waals surface area contributed by atoms with Gasteiger partial charge in [-0.15, -0.1) is 0 Å². The minimum Gasteiger partial charge on any atom is -0.342 e. The third kappa shape index (κ3) is 2.31. The molecule has 0 saturated carbocycles. The molecule has 2 heterocycles. The first-order chi connectivity index (χ1) is 9.70. The lowest BCUT2D eigenvalue weighted by Crippen LogP contribution is -2.47. The molecule has 1 amide bonds. The summed E-state index contributed by atoms with van der Waals surface area (Å²) in [5.74, 6) is 0.213. The number of nitrogens with one attached hydrogen (secondary N) is 2. The fourth-order valence-electron chi connectivity index (χ4n) is 3.29. The van der Waals surface area contributed by atoms with Crippen molar-refractivity contribution in [2.75, 3.05) is 13.1 Å². The number of fused-ring (bicyclic) bond motifs is 1. The van der Waals surface area contributed by atoms with Crippen molar-refractivity contribution < 1.29 is 9.18 Å². The number of likely N-dealkylation sites (tertiary alicyclic amines) is 1. The van der Waals surface area contributed by atoms with Crippen LogP contribution >= 0.6 is 0 Å². The van der Waals surface area contributed by atoms with E-state index in [0.717, 1.165) is 13.0 Å². The van der Waals surface area contributed by atoms with Crippen LogP contribution in [0.15, 0.2) is 24.3 Å². The van der Waals surface area contributed by atoms with Gasteiger partial charge in [-0.3, -0.25) is 10.2 Å². The van der Waals surface area contributed by atoms with Gasteiger partial charge in [0.05, 0.1) is 6.04 Å². The molecule has 0 radical (unpaired) electrons. The van der Waals surface area contributed by atoms with E-state index in [2.05, 4.69) is 10.9 Å². The van der Waals surface area contributed by atoms with Gasteiger partial charge in [-0.05, 0) is 12.5 Å². The Morgan fingerprint density at radius 3 is 2.95 bits per heavy atom. The van der Waals surface area contributed by atoms with Gasteiger partial charge < -0.3 is 4.90 Å². The average molecular weight is 277 g/mol. The fraction of sp³-hybridized carbons (Fsp3) is 0.533. The highest BCUT2D eigenvalue weighted by Crippen LogP contribution is 2.34. The van der Waals surface area contributed by atoms with E-state index in [1.54, 1.807) is 6.07 Å². The summed E-state index contributed by atoms with van der Waals surface area (Å²) in [7, 11) is 0. The molecule has 2 saturated heterocycles. The summed E-state index contributed by atoms with van der Waals surface area (Å²) in [4.78, 5) is 13.8. The number of amides is 1. The van der Waals surface area contributed by atoms with Gasteiger partial charge in [-0.2, -0.15) is 0 Å². The van der Waals surface area contributed by atoms with Gasteiger partial charge in [0.2, 0.25) is 5.91 Å². The van der Waals surface area contributed by atoms with Gasteiger partial charge in [0.1, 0.15) is 5.82 Å². The Bertz CT molecular complexity index is 508. The van der Waals surface area contributed by atoms with E-state index in [4.69, 9.17) is 0 Å². The predicted molar refractivity (Wildman–Crippen MR) is 74.2 cm³/mol. The molecule has 0 bridgehead atoms. The van der Waals surface area contributed by atoms with Crippen molar-refractivity contribution in [1.82, 2.24) is 15.8 Å². The van der Waals surface area contributed by atoms with E-state index < -0.39 is 0 Å². The van der Waals surface area contributed by atoms with Crippen molar-refractivity contribution in [1.29, 1.82) is 0 Å². The summed E-state index contributed by atoms with van der Waals surface area (Å²) in [6.07, 6.45) is 1.44. The maximum absolute atomic E-state index is 14.0. The minimum atomic E-state index is -0.189. The first-order valence-corrected chi connectivity index (χ1v) is 7.24. The molecule has 1 aromatic rings. The van der Waals surface area contributed by atoms with Crippen molar-refractivity contribution in [3.05, 3.63) is 35.6 Å². The van der Waals surface area contributed by atoms with E-state index >= 15 is 0 Å². The molecule has 3 unspecified atom stereocenters. The molecule has 2 fully saturated rings. The maximum atomic E-state index is 14.0. The van der Waals surface area contributed by atoms with Crippen LogP contribution in [0.25, 0.3) is 0 Å². The second-order valence-electron chi connectivity index (χ2n) is 5.54. The topological polar surface area (TPSA) is 44.4 Å². The quantitative estimate of drug-likeness (QED) is 0.863. The number of piperidine rings is 1. The number of hydrogen-bond donors (Lipinski definition) is 2. The molecule has 2 N–H and O–H groups in total. The number of hydrogen-bond acceptors (Lipinski definition) is 3. The zero-order chi connectivity index (χ0) is 14.1. The highest BCUT2D eigenvalue weighted by atomic mass is 19.1. The van der Waals surface area contributed by atoms with Gasteiger partial charge in [-0.25, -0.2) is 9.82 Å². The molecule has 2 aliphatic rings. The summed E-state index contributed by atoms with van der Waals surface area (Å²) >= 11 is 0. The number of halogens is 1. The Kier molecular flexibility index (Phi) is 3.72. The van der Waals surface area contributed by atoms with Crippen LogP contribution in [0.4, 0.5) is 4.39 Å².